The summed E-state index contributed by atoms with van der Waals surface area (Å²) in [5.41, 5.74) is 3.73. The van der Waals surface area contributed by atoms with Gasteiger partial charge in [0.25, 0.3) is 0 Å². The summed E-state index contributed by atoms with van der Waals surface area (Å²) in [6, 6.07) is 13.0. The Bertz CT molecular complexity index is 1010. The number of hydrogen-bond donors (Lipinski definition) is 0. The molecular weight excluding hydrogens is 556 g/mol. The van der Waals surface area contributed by atoms with E-state index in [1.54, 1.807) is 0 Å². The van der Waals surface area contributed by atoms with Crippen molar-refractivity contribution in [3.8, 4) is 17.2 Å². The van der Waals surface area contributed by atoms with Crippen molar-refractivity contribution < 1.29 is 23.7 Å². The monoisotopic (exact) mass is 614 g/mol. The molecular formula is C37H58O5S. The minimum absolute atomic E-state index is 0.233. The van der Waals surface area contributed by atoms with E-state index in [-0.39, 0.29) is 11.4 Å². The van der Waals surface area contributed by atoms with Crippen molar-refractivity contribution >= 4 is 11.8 Å². The van der Waals surface area contributed by atoms with Crippen molar-refractivity contribution in [2.75, 3.05) is 39.6 Å². The molecule has 2 aromatic rings. The highest BCUT2D eigenvalue weighted by atomic mass is 32.2. The Morgan fingerprint density at radius 2 is 1.35 bits per heavy atom. The molecule has 0 N–H and O–H groups in total. The molecule has 43 heavy (non-hydrogen) atoms. The molecule has 242 valence electrons. The van der Waals surface area contributed by atoms with Crippen molar-refractivity contribution in [3.63, 3.8) is 0 Å². The number of unbranched alkanes of at least 4 members (excludes halogenated alkanes) is 4. The van der Waals surface area contributed by atoms with Gasteiger partial charge in [-0.2, -0.15) is 0 Å². The lowest BCUT2D eigenvalue weighted by Gasteiger charge is -2.35. The number of rotatable bonds is 22. The third-order valence-electron chi connectivity index (χ3n) is 7.84. The zero-order valence-corrected chi connectivity index (χ0v) is 28.5. The van der Waals surface area contributed by atoms with Crippen LogP contribution in [0.4, 0.5) is 0 Å². The van der Waals surface area contributed by atoms with E-state index in [4.69, 9.17) is 23.7 Å². The molecule has 1 heterocycles. The van der Waals surface area contributed by atoms with Crippen LogP contribution in [0, 0.1) is 0 Å². The highest BCUT2D eigenvalue weighted by molar-refractivity contribution is 8.00. The largest absolute Gasteiger partial charge is 0.494 e. The first kappa shape index (κ1) is 35.6. The summed E-state index contributed by atoms with van der Waals surface area (Å²) >= 11 is 2.05. The quantitative estimate of drug-likeness (QED) is 0.123. The molecule has 3 atom stereocenters. The second-order valence-corrected chi connectivity index (χ2v) is 13.2. The molecule has 2 aromatic carbocycles. The minimum Gasteiger partial charge on any atom is -0.494 e. The standard InChI is InChI=1S/C37H58O5S/c1-6-11-19-38-28-33-25-32(40-20-12-7-2)26-37(43-33)34-24-30(23-29-15-17-31(18-16-29)39-10-5)35(41-21-13-8-3)27-36(34)42-22-14-9-4/h15-18,24,27,32-33,37H,6-14,19-23,25-26,28H2,1-5H3/t32-,33-,37+/m0/s1. The lowest BCUT2D eigenvalue weighted by atomic mass is 9.96. The molecule has 0 amide bonds. The van der Waals surface area contributed by atoms with E-state index < -0.39 is 0 Å². The topological polar surface area (TPSA) is 46.2 Å². The Morgan fingerprint density at radius 3 is 2.02 bits per heavy atom. The molecule has 0 aromatic heterocycles. The van der Waals surface area contributed by atoms with Gasteiger partial charge in [0, 0.05) is 41.8 Å². The maximum atomic E-state index is 6.53. The smallest absolute Gasteiger partial charge is 0.127 e. The average Bonchev–Trinajstić information content (AvgIpc) is 3.01. The number of hydrogen-bond acceptors (Lipinski definition) is 6. The van der Waals surface area contributed by atoms with Crippen LogP contribution in [0.25, 0.3) is 0 Å². The van der Waals surface area contributed by atoms with Crippen LogP contribution in [-0.2, 0) is 15.9 Å². The maximum absolute atomic E-state index is 6.53. The van der Waals surface area contributed by atoms with Crippen LogP contribution in [0.2, 0.25) is 0 Å². The number of benzene rings is 2. The van der Waals surface area contributed by atoms with Gasteiger partial charge in [0.2, 0.25) is 0 Å². The molecule has 0 aliphatic carbocycles. The molecule has 0 bridgehead atoms. The van der Waals surface area contributed by atoms with Gasteiger partial charge in [-0.1, -0.05) is 65.5 Å². The minimum atomic E-state index is 0.233. The third-order valence-corrected chi connectivity index (χ3v) is 9.32. The molecule has 6 heteroatoms. The van der Waals surface area contributed by atoms with Gasteiger partial charge in [-0.3, -0.25) is 0 Å². The highest BCUT2D eigenvalue weighted by Gasteiger charge is 2.33. The predicted molar refractivity (Wildman–Crippen MR) is 181 cm³/mol. The van der Waals surface area contributed by atoms with E-state index in [0.717, 1.165) is 108 Å². The summed E-state index contributed by atoms with van der Waals surface area (Å²) in [6.45, 7) is 15.4. The zero-order chi connectivity index (χ0) is 30.7. The van der Waals surface area contributed by atoms with Crippen LogP contribution in [0.15, 0.2) is 36.4 Å². The highest BCUT2D eigenvalue weighted by Crippen LogP contribution is 2.48. The van der Waals surface area contributed by atoms with Crippen LogP contribution in [0.3, 0.4) is 0 Å². The van der Waals surface area contributed by atoms with Gasteiger partial charge >= 0.3 is 0 Å². The Labute approximate surface area is 266 Å². The van der Waals surface area contributed by atoms with Gasteiger partial charge in [0.15, 0.2) is 0 Å². The summed E-state index contributed by atoms with van der Waals surface area (Å²) in [6.07, 6.45) is 11.9. The average molecular weight is 615 g/mol. The second kappa shape index (κ2) is 21.0. The molecule has 0 radical (unpaired) electrons. The Morgan fingerprint density at radius 1 is 0.698 bits per heavy atom. The Balaban J connectivity index is 1.95. The van der Waals surface area contributed by atoms with Gasteiger partial charge in [-0.05, 0) is 74.8 Å². The van der Waals surface area contributed by atoms with Gasteiger partial charge in [0.1, 0.15) is 17.2 Å². The zero-order valence-electron chi connectivity index (χ0n) is 27.7. The van der Waals surface area contributed by atoms with Crippen molar-refractivity contribution in [2.45, 2.75) is 122 Å². The maximum Gasteiger partial charge on any atom is 0.127 e. The van der Waals surface area contributed by atoms with Crippen LogP contribution in [0.5, 0.6) is 17.2 Å². The molecule has 0 unspecified atom stereocenters. The molecule has 0 spiro atoms. The first-order valence-corrected chi connectivity index (χ1v) is 18.0. The Hall–Kier alpha value is -1.89. The van der Waals surface area contributed by atoms with Gasteiger partial charge in [-0.25, -0.2) is 0 Å². The molecule has 1 fully saturated rings. The molecule has 1 aliphatic rings. The normalized spacial score (nSPS) is 18.5. The number of ether oxygens (including phenoxy) is 5. The lowest BCUT2D eigenvalue weighted by molar-refractivity contribution is 0.0282. The summed E-state index contributed by atoms with van der Waals surface area (Å²) in [7, 11) is 0. The van der Waals surface area contributed by atoms with Gasteiger partial charge in [-0.15, -0.1) is 11.8 Å². The molecule has 1 saturated heterocycles. The predicted octanol–water partition coefficient (Wildman–Crippen LogP) is 9.97. The summed E-state index contributed by atoms with van der Waals surface area (Å²) < 4.78 is 31.3. The van der Waals surface area contributed by atoms with Crippen LogP contribution >= 0.6 is 11.8 Å². The molecule has 5 nitrogen and oxygen atoms in total. The van der Waals surface area contributed by atoms with E-state index in [1.165, 1.54) is 16.7 Å². The van der Waals surface area contributed by atoms with Crippen LogP contribution in [0.1, 0.15) is 121 Å². The summed E-state index contributed by atoms with van der Waals surface area (Å²) in [5, 5.41) is 0.682. The van der Waals surface area contributed by atoms with E-state index in [9.17, 15) is 0 Å². The first-order valence-electron chi connectivity index (χ1n) is 17.1. The number of thioether (sulfide) groups is 1. The van der Waals surface area contributed by atoms with Crippen molar-refractivity contribution in [1.82, 2.24) is 0 Å². The van der Waals surface area contributed by atoms with Gasteiger partial charge < -0.3 is 23.7 Å². The van der Waals surface area contributed by atoms with E-state index in [0.29, 0.717) is 25.1 Å². The lowest BCUT2D eigenvalue weighted by Crippen LogP contribution is -2.30. The molecule has 3 rings (SSSR count). The summed E-state index contributed by atoms with van der Waals surface area (Å²) in [4.78, 5) is 0. The molecule has 1 aliphatic heterocycles. The SMILES string of the molecule is CCCCOC[C@@H]1C[C@H](OCCCC)C[C@H](c2cc(Cc3ccc(OCC)cc3)c(OCCCC)cc2OCCCC)S1. The van der Waals surface area contributed by atoms with E-state index >= 15 is 0 Å². The fourth-order valence-electron chi connectivity index (χ4n) is 5.29. The fraction of sp³-hybridized carbons (Fsp3) is 0.676. The fourth-order valence-corrected chi connectivity index (χ4v) is 6.91. The van der Waals surface area contributed by atoms with Crippen molar-refractivity contribution in [1.29, 1.82) is 0 Å². The summed E-state index contributed by atoms with van der Waals surface area (Å²) in [5.74, 6) is 2.81. The van der Waals surface area contributed by atoms with Gasteiger partial charge in [0.05, 0.1) is 32.5 Å². The van der Waals surface area contributed by atoms with Crippen LogP contribution in [-0.4, -0.2) is 51.0 Å². The first-order chi connectivity index (χ1) is 21.1. The van der Waals surface area contributed by atoms with Crippen LogP contribution < -0.4 is 14.2 Å². The third kappa shape index (κ3) is 12.6. The van der Waals surface area contributed by atoms with Crippen molar-refractivity contribution in [3.05, 3.63) is 53.1 Å². The van der Waals surface area contributed by atoms with E-state index in [1.807, 2.05) is 18.7 Å². The Kier molecular flexibility index (Phi) is 17.3. The van der Waals surface area contributed by atoms with E-state index in [2.05, 4.69) is 64.1 Å². The molecule has 0 saturated carbocycles. The second-order valence-electron chi connectivity index (χ2n) is 11.6. The van der Waals surface area contributed by atoms with Crippen molar-refractivity contribution in [2.24, 2.45) is 0 Å².